The molecule has 1 saturated heterocycles. The van der Waals surface area contributed by atoms with Crippen molar-refractivity contribution in [3.8, 4) is 0 Å². The summed E-state index contributed by atoms with van der Waals surface area (Å²) in [6, 6.07) is 0. The molecule has 0 aromatic carbocycles. The summed E-state index contributed by atoms with van der Waals surface area (Å²) in [4.78, 5) is 10.7. The summed E-state index contributed by atoms with van der Waals surface area (Å²) in [6.45, 7) is 1.51. The summed E-state index contributed by atoms with van der Waals surface area (Å²) in [7, 11) is 0. The van der Waals surface area contributed by atoms with Crippen molar-refractivity contribution in [3.05, 3.63) is 0 Å². The summed E-state index contributed by atoms with van der Waals surface area (Å²) in [5, 5.41) is 8.79. The Bertz CT molecular complexity index is 204. The van der Waals surface area contributed by atoms with E-state index in [1.807, 2.05) is 0 Å². The third kappa shape index (κ3) is 2.69. The van der Waals surface area contributed by atoms with Gasteiger partial charge in [-0.15, -0.1) is 0 Å². The van der Waals surface area contributed by atoms with E-state index in [2.05, 4.69) is 0 Å². The number of hydrogen-bond donors (Lipinski definition) is 1. The van der Waals surface area contributed by atoms with Gasteiger partial charge in [-0.25, -0.2) is 0 Å². The van der Waals surface area contributed by atoms with Gasteiger partial charge in [-0.2, -0.15) is 0 Å². The number of hydrogen-bond acceptors (Lipinski definition) is 3. The number of carbonyl (C=O) groups is 1. The Labute approximate surface area is 83.2 Å². The normalized spacial score (nSPS) is 36.7. The molecule has 1 saturated carbocycles. The maximum Gasteiger partial charge on any atom is 0.306 e. The summed E-state index contributed by atoms with van der Waals surface area (Å²) >= 11 is 0. The first-order chi connectivity index (χ1) is 6.75. The minimum atomic E-state index is -0.658. The molecule has 0 spiro atoms. The molecule has 0 aromatic rings. The van der Waals surface area contributed by atoms with Crippen LogP contribution in [0.25, 0.3) is 0 Å². The number of aliphatic carboxylic acids is 1. The van der Waals surface area contributed by atoms with E-state index in [1.54, 1.807) is 0 Å². The predicted molar refractivity (Wildman–Crippen MR) is 49.1 cm³/mol. The molecule has 1 aliphatic carbocycles. The lowest BCUT2D eigenvalue weighted by atomic mass is 9.87. The summed E-state index contributed by atoms with van der Waals surface area (Å²) < 4.78 is 10.7. The Morgan fingerprint density at radius 3 is 2.50 bits per heavy atom. The second kappa shape index (κ2) is 4.28. The van der Waals surface area contributed by atoms with E-state index in [0.29, 0.717) is 12.7 Å². The Morgan fingerprint density at radius 1 is 1.36 bits per heavy atom. The van der Waals surface area contributed by atoms with Crippen LogP contribution < -0.4 is 0 Å². The largest absolute Gasteiger partial charge is 0.481 e. The van der Waals surface area contributed by atoms with Crippen LogP contribution in [-0.4, -0.2) is 36.5 Å². The number of ether oxygens (including phenoxy) is 2. The van der Waals surface area contributed by atoms with Crippen molar-refractivity contribution in [2.45, 2.75) is 37.9 Å². The zero-order valence-corrected chi connectivity index (χ0v) is 8.15. The lowest BCUT2D eigenvalue weighted by Crippen LogP contribution is -2.27. The smallest absolute Gasteiger partial charge is 0.306 e. The number of carboxylic acids is 1. The lowest BCUT2D eigenvalue weighted by molar-refractivity contribution is -0.143. The van der Waals surface area contributed by atoms with Gasteiger partial charge in [0.1, 0.15) is 6.10 Å². The molecule has 0 aromatic heterocycles. The molecule has 2 fully saturated rings. The molecule has 1 atom stereocenters. The van der Waals surface area contributed by atoms with E-state index in [0.717, 1.165) is 32.3 Å². The van der Waals surface area contributed by atoms with Gasteiger partial charge in [-0.05, 0) is 25.7 Å². The zero-order valence-electron chi connectivity index (χ0n) is 8.15. The highest BCUT2D eigenvalue weighted by Crippen LogP contribution is 2.27. The van der Waals surface area contributed by atoms with Crippen LogP contribution in [0, 0.1) is 5.92 Å². The highest BCUT2D eigenvalue weighted by atomic mass is 16.6. The molecule has 4 heteroatoms. The van der Waals surface area contributed by atoms with E-state index in [1.165, 1.54) is 0 Å². The molecular weight excluding hydrogens is 184 g/mol. The Kier molecular flexibility index (Phi) is 3.03. The summed E-state index contributed by atoms with van der Waals surface area (Å²) in [5.74, 6) is -0.805. The zero-order chi connectivity index (χ0) is 9.97. The van der Waals surface area contributed by atoms with Gasteiger partial charge >= 0.3 is 5.97 Å². The maximum absolute atomic E-state index is 10.7. The van der Waals surface area contributed by atoms with E-state index in [-0.39, 0.29) is 12.0 Å². The second-order valence-electron chi connectivity index (χ2n) is 4.10. The minimum Gasteiger partial charge on any atom is -0.481 e. The van der Waals surface area contributed by atoms with Gasteiger partial charge in [0.15, 0.2) is 0 Å². The van der Waals surface area contributed by atoms with Crippen LogP contribution in [0.3, 0.4) is 0 Å². The second-order valence-corrected chi connectivity index (χ2v) is 4.10. The summed E-state index contributed by atoms with van der Waals surface area (Å²) in [5.41, 5.74) is 0. The van der Waals surface area contributed by atoms with Gasteiger partial charge < -0.3 is 14.6 Å². The van der Waals surface area contributed by atoms with Crippen LogP contribution in [0.1, 0.15) is 25.7 Å². The van der Waals surface area contributed by atoms with Gasteiger partial charge in [0.2, 0.25) is 0 Å². The highest BCUT2D eigenvalue weighted by molar-refractivity contribution is 5.69. The van der Waals surface area contributed by atoms with Crippen molar-refractivity contribution in [2.75, 3.05) is 13.2 Å². The highest BCUT2D eigenvalue weighted by Gasteiger charge is 2.29. The fourth-order valence-corrected chi connectivity index (χ4v) is 1.88. The molecule has 80 valence electrons. The molecule has 0 unspecified atom stereocenters. The monoisotopic (exact) mass is 200 g/mol. The third-order valence-corrected chi connectivity index (χ3v) is 2.94. The van der Waals surface area contributed by atoms with Gasteiger partial charge in [-0.3, -0.25) is 4.79 Å². The Hall–Kier alpha value is -0.610. The minimum absolute atomic E-state index is 0.146. The lowest BCUT2D eigenvalue weighted by Gasteiger charge is -2.25. The van der Waals surface area contributed by atoms with Crippen LogP contribution in [0.15, 0.2) is 0 Å². The van der Waals surface area contributed by atoms with Crippen molar-refractivity contribution in [2.24, 2.45) is 5.92 Å². The average molecular weight is 200 g/mol. The molecule has 1 aliphatic heterocycles. The van der Waals surface area contributed by atoms with Gasteiger partial charge in [-0.1, -0.05) is 0 Å². The number of rotatable bonds is 4. The number of epoxide rings is 1. The maximum atomic E-state index is 10.7. The fourth-order valence-electron chi connectivity index (χ4n) is 1.88. The molecule has 4 nitrogen and oxygen atoms in total. The predicted octanol–water partition coefficient (Wildman–Crippen LogP) is 1.05. The van der Waals surface area contributed by atoms with Crippen LogP contribution in [0.4, 0.5) is 0 Å². The SMILES string of the molecule is O=C(O)C1CCC(OC[C@H]2CO2)CC1. The van der Waals surface area contributed by atoms with Crippen molar-refractivity contribution < 1.29 is 19.4 Å². The molecule has 0 bridgehead atoms. The number of carboxylic acid groups (broad SMARTS) is 1. The Morgan fingerprint density at radius 2 is 2.00 bits per heavy atom. The quantitative estimate of drug-likeness (QED) is 0.689. The molecule has 1 heterocycles. The van der Waals surface area contributed by atoms with Gasteiger partial charge in [0.25, 0.3) is 0 Å². The van der Waals surface area contributed by atoms with Gasteiger partial charge in [0.05, 0.1) is 25.2 Å². The molecule has 1 N–H and O–H groups in total. The first-order valence-corrected chi connectivity index (χ1v) is 5.21. The van der Waals surface area contributed by atoms with Crippen molar-refractivity contribution in [1.29, 1.82) is 0 Å². The van der Waals surface area contributed by atoms with Crippen LogP contribution >= 0.6 is 0 Å². The van der Waals surface area contributed by atoms with Crippen molar-refractivity contribution >= 4 is 5.97 Å². The van der Waals surface area contributed by atoms with E-state index in [4.69, 9.17) is 14.6 Å². The first-order valence-electron chi connectivity index (χ1n) is 5.21. The average Bonchev–Trinajstić information content (AvgIpc) is 2.99. The molecule has 2 aliphatic rings. The van der Waals surface area contributed by atoms with E-state index < -0.39 is 5.97 Å². The van der Waals surface area contributed by atoms with E-state index in [9.17, 15) is 4.79 Å². The molecule has 0 radical (unpaired) electrons. The molecule has 2 rings (SSSR count). The third-order valence-electron chi connectivity index (χ3n) is 2.94. The van der Waals surface area contributed by atoms with Crippen molar-refractivity contribution in [1.82, 2.24) is 0 Å². The fraction of sp³-hybridized carbons (Fsp3) is 0.900. The van der Waals surface area contributed by atoms with Gasteiger partial charge in [0, 0.05) is 0 Å². The molecule has 0 amide bonds. The Balaban J connectivity index is 1.64. The van der Waals surface area contributed by atoms with Crippen LogP contribution in [0.5, 0.6) is 0 Å². The topological polar surface area (TPSA) is 59.1 Å². The first kappa shape index (κ1) is 9.93. The van der Waals surface area contributed by atoms with E-state index >= 15 is 0 Å². The molecular formula is C10H16O4. The summed E-state index contributed by atoms with van der Waals surface area (Å²) in [6.07, 6.45) is 3.84. The molecule has 14 heavy (non-hydrogen) atoms. The standard InChI is InChI=1S/C10H16O4/c11-10(12)7-1-3-8(4-2-7)13-5-9-6-14-9/h7-9H,1-6H2,(H,11,12)/t7?,8?,9-/m0/s1. The van der Waals surface area contributed by atoms with Crippen LogP contribution in [-0.2, 0) is 14.3 Å². The van der Waals surface area contributed by atoms with Crippen molar-refractivity contribution in [3.63, 3.8) is 0 Å². The van der Waals surface area contributed by atoms with Crippen LogP contribution in [0.2, 0.25) is 0 Å².